The lowest BCUT2D eigenvalue weighted by molar-refractivity contribution is -0.305. The Morgan fingerprint density at radius 1 is 0.419 bits per heavy atom. The van der Waals surface area contributed by atoms with E-state index in [9.17, 15) is 35.1 Å². The van der Waals surface area contributed by atoms with Crippen LogP contribution in [-0.2, 0) is 23.8 Å². The molecule has 0 aromatic heterocycles. The summed E-state index contributed by atoms with van der Waals surface area (Å²) in [5.74, 6) is -1.17. The van der Waals surface area contributed by atoms with Crippen molar-refractivity contribution in [3.05, 3.63) is 48.6 Å². The number of rotatable bonds is 71. The summed E-state index contributed by atoms with van der Waals surface area (Å²) in [6.07, 6.45) is 78.8. The molecule has 0 aromatic carbocycles. The summed E-state index contributed by atoms with van der Waals surface area (Å²) in [6, 6.07) is -1.02. The number of hydrogen-bond acceptors (Lipinski definition) is 10. The normalized spacial score (nSPS) is 18.0. The molecule has 0 aromatic rings. The Bertz CT molecular complexity index is 1700. The maximum absolute atomic E-state index is 13.5. The largest absolute Gasteiger partial charge is 0.454 e. The lowest BCUT2D eigenvalue weighted by Crippen LogP contribution is -2.61. The van der Waals surface area contributed by atoms with Crippen molar-refractivity contribution in [1.29, 1.82) is 0 Å². The predicted molar refractivity (Wildman–Crippen MR) is 394 cm³/mol. The van der Waals surface area contributed by atoms with Gasteiger partial charge in [-0.15, -0.1) is 0 Å². The zero-order valence-corrected chi connectivity index (χ0v) is 61.1. The first-order valence-electron chi connectivity index (χ1n) is 40.4. The van der Waals surface area contributed by atoms with Crippen molar-refractivity contribution in [2.75, 3.05) is 13.2 Å². The third-order valence-electron chi connectivity index (χ3n) is 19.2. The van der Waals surface area contributed by atoms with Gasteiger partial charge in [0.25, 0.3) is 0 Å². The predicted octanol–water partition coefficient (Wildman–Crippen LogP) is 21.9. The number of aliphatic hydroxyl groups excluding tert-OH is 5. The van der Waals surface area contributed by atoms with Crippen molar-refractivity contribution >= 4 is 11.9 Å². The number of carbonyl (C=O) groups excluding carboxylic acids is 2. The van der Waals surface area contributed by atoms with Gasteiger partial charge in [-0.2, -0.15) is 0 Å². The number of hydrogen-bond donors (Lipinski definition) is 6. The first kappa shape index (κ1) is 88.6. The molecule has 546 valence electrons. The van der Waals surface area contributed by atoms with E-state index in [4.69, 9.17) is 14.2 Å². The van der Waals surface area contributed by atoms with Gasteiger partial charge in [-0.3, -0.25) is 9.59 Å². The Hall–Kier alpha value is -2.38. The number of ether oxygens (including phenoxy) is 3. The first-order valence-corrected chi connectivity index (χ1v) is 40.4. The van der Waals surface area contributed by atoms with Gasteiger partial charge in [0.2, 0.25) is 5.91 Å². The molecule has 6 N–H and O–H groups in total. The highest BCUT2D eigenvalue weighted by Crippen LogP contribution is 2.27. The summed E-state index contributed by atoms with van der Waals surface area (Å²) in [5.41, 5.74) is 0. The first-order chi connectivity index (χ1) is 45.7. The van der Waals surface area contributed by atoms with E-state index in [0.717, 1.165) is 64.2 Å². The van der Waals surface area contributed by atoms with Crippen molar-refractivity contribution < 1.29 is 49.3 Å². The zero-order valence-electron chi connectivity index (χ0n) is 61.1. The fourth-order valence-corrected chi connectivity index (χ4v) is 12.9. The minimum absolute atomic E-state index is 0.128. The topological polar surface area (TPSA) is 175 Å². The molecule has 0 bridgehead atoms. The van der Waals surface area contributed by atoms with Gasteiger partial charge in [0.05, 0.1) is 25.4 Å². The number of carbonyl (C=O) groups is 2. The van der Waals surface area contributed by atoms with Gasteiger partial charge in [0.15, 0.2) is 12.4 Å². The number of amides is 1. The van der Waals surface area contributed by atoms with Crippen LogP contribution in [0.25, 0.3) is 0 Å². The van der Waals surface area contributed by atoms with Crippen molar-refractivity contribution in [3.8, 4) is 0 Å². The average molecular weight is 1310 g/mol. The number of nitrogens with one attached hydrogen (secondary N) is 1. The molecule has 1 aliphatic rings. The molecular weight excluding hydrogens is 1160 g/mol. The van der Waals surface area contributed by atoms with Crippen LogP contribution in [-0.4, -0.2) is 99.6 Å². The second-order valence-electron chi connectivity index (χ2n) is 28.1. The summed E-state index contributed by atoms with van der Waals surface area (Å²) < 4.78 is 17.8. The van der Waals surface area contributed by atoms with Crippen LogP contribution in [0.2, 0.25) is 0 Å². The number of esters is 1. The Kier molecular flexibility index (Phi) is 66.3. The number of unbranched alkanes of at least 4 members (excludes halogenated alkanes) is 51. The van der Waals surface area contributed by atoms with Crippen LogP contribution >= 0.6 is 0 Å². The van der Waals surface area contributed by atoms with Gasteiger partial charge in [-0.05, 0) is 83.5 Å². The highest BCUT2D eigenvalue weighted by molar-refractivity contribution is 5.80. The Morgan fingerprint density at radius 3 is 1.13 bits per heavy atom. The molecule has 1 amide bonds. The molecule has 1 aliphatic heterocycles. The van der Waals surface area contributed by atoms with Gasteiger partial charge in [0, 0.05) is 6.42 Å². The number of allylic oxidation sites excluding steroid dienone is 7. The van der Waals surface area contributed by atoms with E-state index in [-0.39, 0.29) is 13.0 Å². The maximum Gasteiger partial charge on any atom is 0.306 e. The molecule has 0 aliphatic carbocycles. The molecule has 0 saturated carbocycles. The minimum atomic E-state index is -1.61. The van der Waals surface area contributed by atoms with E-state index < -0.39 is 67.4 Å². The van der Waals surface area contributed by atoms with E-state index in [1.54, 1.807) is 6.08 Å². The molecular formula is C82H153NO10. The summed E-state index contributed by atoms with van der Waals surface area (Å²) in [4.78, 5) is 26.8. The molecule has 8 unspecified atom stereocenters. The van der Waals surface area contributed by atoms with Crippen LogP contribution in [0.3, 0.4) is 0 Å². The molecule has 1 heterocycles. The molecule has 0 radical (unpaired) electrons. The molecule has 1 saturated heterocycles. The van der Waals surface area contributed by atoms with E-state index in [0.29, 0.717) is 19.3 Å². The molecule has 11 nitrogen and oxygen atoms in total. The molecule has 8 atom stereocenters. The lowest BCUT2D eigenvalue weighted by atomic mass is 9.99. The van der Waals surface area contributed by atoms with Gasteiger partial charge in [-0.1, -0.05) is 358 Å². The fourth-order valence-electron chi connectivity index (χ4n) is 12.9. The third-order valence-corrected chi connectivity index (χ3v) is 19.2. The minimum Gasteiger partial charge on any atom is -0.454 e. The van der Waals surface area contributed by atoms with Crippen LogP contribution in [0.1, 0.15) is 400 Å². The van der Waals surface area contributed by atoms with Crippen LogP contribution in [0.5, 0.6) is 0 Å². The summed E-state index contributed by atoms with van der Waals surface area (Å²) in [6.45, 7) is 5.84. The van der Waals surface area contributed by atoms with E-state index >= 15 is 0 Å². The summed E-state index contributed by atoms with van der Waals surface area (Å²) >= 11 is 0. The van der Waals surface area contributed by atoms with Crippen LogP contribution < -0.4 is 5.32 Å². The standard InChI is InChI=1S/C82H153NO10/c1-4-7-10-13-16-19-22-25-27-29-31-33-35-37-38-39-41-43-45-47-49-52-55-58-61-64-67-70-77(87)93-80-79(89)78(88)76(71-84)92-82(80)91-72-73(74(85)68-65-62-59-56-53-50-24-21-18-15-12-9-6-3)83-81(90)75(86)69-66-63-60-57-54-51-48-46-44-42-40-36-34-32-30-28-26-23-20-17-14-11-8-5-2/h17,20,25-28,65,68,73-76,78-80,82,84-86,88-89H,4-16,18-19,21-24,29-64,66-67,69-72H2,1-3H3,(H,83,90)/b20-17-,27-25+,28-26-,68-65+. The molecule has 0 spiro atoms. The van der Waals surface area contributed by atoms with Crippen LogP contribution in [0, 0.1) is 0 Å². The van der Waals surface area contributed by atoms with Crippen molar-refractivity contribution in [1.82, 2.24) is 5.32 Å². The Labute approximate surface area is 574 Å². The number of aliphatic hydroxyl groups is 5. The van der Waals surface area contributed by atoms with Crippen molar-refractivity contribution in [3.63, 3.8) is 0 Å². The Morgan fingerprint density at radius 2 is 0.742 bits per heavy atom. The molecule has 11 heteroatoms. The summed E-state index contributed by atoms with van der Waals surface area (Å²) in [5, 5.41) is 57.5. The fraction of sp³-hybridized carbons (Fsp3) is 0.878. The second-order valence-corrected chi connectivity index (χ2v) is 28.1. The van der Waals surface area contributed by atoms with Crippen molar-refractivity contribution in [2.24, 2.45) is 0 Å². The van der Waals surface area contributed by atoms with E-state index in [1.807, 2.05) is 6.08 Å². The molecule has 1 rings (SSSR count). The van der Waals surface area contributed by atoms with Gasteiger partial charge >= 0.3 is 5.97 Å². The third kappa shape index (κ3) is 56.2. The molecule has 1 fully saturated rings. The summed E-state index contributed by atoms with van der Waals surface area (Å²) in [7, 11) is 0. The highest BCUT2D eigenvalue weighted by Gasteiger charge is 2.47. The Balaban J connectivity index is 2.49. The lowest BCUT2D eigenvalue weighted by Gasteiger charge is -2.41. The van der Waals surface area contributed by atoms with E-state index in [2.05, 4.69) is 62.5 Å². The quantitative estimate of drug-likeness (QED) is 0.0195. The monoisotopic (exact) mass is 1310 g/mol. The average Bonchev–Trinajstić information content (AvgIpc) is 0.918. The van der Waals surface area contributed by atoms with E-state index in [1.165, 1.54) is 289 Å². The SMILES string of the molecule is CCCCC/C=C\C/C=C\CCCCCCCCCCCCCCCCC(O)C(=O)NC(COC1OC(CO)C(O)C(O)C1OC(=O)CCCCCCCCCCCCCCCCCCC/C=C/CCCCCCCC)C(O)/C=C/CCCCCCCCCCCCC. The van der Waals surface area contributed by atoms with Crippen molar-refractivity contribution in [2.45, 2.75) is 449 Å². The smallest absolute Gasteiger partial charge is 0.306 e. The highest BCUT2D eigenvalue weighted by atomic mass is 16.7. The van der Waals surface area contributed by atoms with Gasteiger partial charge in [-0.25, -0.2) is 0 Å². The van der Waals surface area contributed by atoms with Crippen LogP contribution in [0.15, 0.2) is 48.6 Å². The molecule has 93 heavy (non-hydrogen) atoms. The zero-order chi connectivity index (χ0) is 67.4. The maximum atomic E-state index is 13.5. The van der Waals surface area contributed by atoms with Gasteiger partial charge < -0.3 is 45.1 Å². The van der Waals surface area contributed by atoms with Crippen LogP contribution in [0.4, 0.5) is 0 Å². The van der Waals surface area contributed by atoms with Gasteiger partial charge in [0.1, 0.15) is 24.4 Å². The second kappa shape index (κ2) is 69.5.